The van der Waals surface area contributed by atoms with Crippen molar-refractivity contribution >= 4 is 33.0 Å². The molecule has 0 N–H and O–H groups in total. The van der Waals surface area contributed by atoms with E-state index in [9.17, 15) is 13.2 Å². The summed E-state index contributed by atoms with van der Waals surface area (Å²) in [4.78, 5) is 14.5. The van der Waals surface area contributed by atoms with Crippen molar-refractivity contribution in [3.8, 4) is 0 Å². The molecule has 0 aliphatic heterocycles. The molecule has 0 spiro atoms. The predicted octanol–water partition coefficient (Wildman–Crippen LogP) is 3.92. The highest BCUT2D eigenvalue weighted by molar-refractivity contribution is 7.89. The van der Waals surface area contributed by atoms with Gasteiger partial charge in [0.1, 0.15) is 11.3 Å². The van der Waals surface area contributed by atoms with Crippen LogP contribution in [-0.2, 0) is 27.8 Å². The Balaban J connectivity index is 1.73. The highest BCUT2D eigenvalue weighted by Gasteiger charge is 2.17. The van der Waals surface area contributed by atoms with Crippen LogP contribution in [0.4, 0.5) is 0 Å². The van der Waals surface area contributed by atoms with Gasteiger partial charge >= 0.3 is 0 Å². The number of likely N-dealkylation sites (N-methyl/N-ethyl adjacent to an activating group) is 1. The molecule has 3 aromatic rings. The van der Waals surface area contributed by atoms with Gasteiger partial charge in [-0.1, -0.05) is 37.3 Å². The third-order valence-corrected chi connectivity index (χ3v) is 6.78. The first-order chi connectivity index (χ1) is 14.2. The third-order valence-electron chi connectivity index (χ3n) is 4.95. The second kappa shape index (κ2) is 8.85. The Labute approximate surface area is 177 Å². The van der Waals surface area contributed by atoms with Gasteiger partial charge in [0.2, 0.25) is 15.9 Å². The van der Waals surface area contributed by atoms with Gasteiger partial charge in [-0.3, -0.25) is 4.79 Å². The monoisotopic (exact) mass is 426 g/mol. The van der Waals surface area contributed by atoms with Crippen LogP contribution in [0.25, 0.3) is 17.0 Å². The van der Waals surface area contributed by atoms with Crippen molar-refractivity contribution in [2.24, 2.45) is 0 Å². The maximum atomic E-state index is 12.6. The van der Waals surface area contributed by atoms with Crippen LogP contribution in [0, 0.1) is 0 Å². The molecule has 0 saturated heterocycles. The maximum absolute atomic E-state index is 12.6. The van der Waals surface area contributed by atoms with Crippen LogP contribution in [0.1, 0.15) is 23.8 Å². The summed E-state index contributed by atoms with van der Waals surface area (Å²) in [6, 6.07) is 14.3. The molecular weight excluding hydrogens is 400 g/mol. The van der Waals surface area contributed by atoms with E-state index in [-0.39, 0.29) is 10.8 Å². The second-order valence-electron chi connectivity index (χ2n) is 7.24. The lowest BCUT2D eigenvalue weighted by atomic mass is 10.1. The summed E-state index contributed by atoms with van der Waals surface area (Å²) >= 11 is 0. The molecule has 0 fully saturated rings. The zero-order valence-electron chi connectivity index (χ0n) is 17.6. The summed E-state index contributed by atoms with van der Waals surface area (Å²) in [7, 11) is 1.27. The van der Waals surface area contributed by atoms with Gasteiger partial charge in [-0.15, -0.1) is 0 Å². The molecule has 0 aliphatic carbocycles. The standard InChI is InChI=1S/C23H26N2O4S/c1-5-21-20(19-8-6-7-9-22(19)29-21)16-25(4)23(26)15-12-17-10-13-18(14-11-17)30(27,28)24(2)3/h6-15H,5,16H2,1-4H3/b15-12+. The van der Waals surface area contributed by atoms with E-state index in [1.54, 1.807) is 30.2 Å². The molecule has 3 rings (SSSR count). The number of nitrogens with zero attached hydrogens (tertiary/aromatic N) is 2. The Morgan fingerprint density at radius 1 is 1.03 bits per heavy atom. The van der Waals surface area contributed by atoms with E-state index in [4.69, 9.17) is 4.42 Å². The zero-order valence-corrected chi connectivity index (χ0v) is 18.4. The van der Waals surface area contributed by atoms with Crippen molar-refractivity contribution in [1.29, 1.82) is 0 Å². The SMILES string of the molecule is CCc1oc2ccccc2c1CN(C)C(=O)/C=C/c1ccc(S(=O)(=O)N(C)C)cc1. The highest BCUT2D eigenvalue weighted by Crippen LogP contribution is 2.27. The minimum absolute atomic E-state index is 0.146. The number of hydrogen-bond donors (Lipinski definition) is 0. The molecule has 1 heterocycles. The molecule has 0 bridgehead atoms. The Kier molecular flexibility index (Phi) is 6.43. The van der Waals surface area contributed by atoms with Crippen molar-refractivity contribution in [3.63, 3.8) is 0 Å². The number of carbonyl (C=O) groups is 1. The number of fused-ring (bicyclic) bond motifs is 1. The topological polar surface area (TPSA) is 70.8 Å². The summed E-state index contributed by atoms with van der Waals surface area (Å²) in [5.74, 6) is 0.741. The Morgan fingerprint density at radius 2 is 1.70 bits per heavy atom. The summed E-state index contributed by atoms with van der Waals surface area (Å²) in [5, 5.41) is 1.02. The van der Waals surface area contributed by atoms with Crippen LogP contribution in [0.2, 0.25) is 0 Å². The molecule has 0 saturated carbocycles. The van der Waals surface area contributed by atoms with Gasteiger partial charge in [-0.2, -0.15) is 0 Å². The van der Waals surface area contributed by atoms with Gasteiger partial charge in [0.25, 0.3) is 0 Å². The minimum atomic E-state index is -3.47. The Morgan fingerprint density at radius 3 is 2.33 bits per heavy atom. The van der Waals surface area contributed by atoms with Crippen molar-refractivity contribution in [2.45, 2.75) is 24.8 Å². The number of benzene rings is 2. The second-order valence-corrected chi connectivity index (χ2v) is 9.39. The largest absolute Gasteiger partial charge is 0.461 e. The van der Waals surface area contributed by atoms with Gasteiger partial charge in [-0.05, 0) is 29.8 Å². The number of sulfonamides is 1. The molecule has 6 nitrogen and oxygen atoms in total. The normalized spacial score (nSPS) is 12.2. The number of furan rings is 1. The number of carbonyl (C=O) groups excluding carboxylic acids is 1. The Hall–Kier alpha value is -2.90. The van der Waals surface area contributed by atoms with E-state index in [2.05, 4.69) is 0 Å². The zero-order chi connectivity index (χ0) is 21.9. The molecule has 30 heavy (non-hydrogen) atoms. The predicted molar refractivity (Wildman–Crippen MR) is 118 cm³/mol. The van der Waals surface area contributed by atoms with E-state index < -0.39 is 10.0 Å². The maximum Gasteiger partial charge on any atom is 0.246 e. The van der Waals surface area contributed by atoms with Crippen LogP contribution in [-0.4, -0.2) is 44.7 Å². The van der Waals surface area contributed by atoms with Gasteiger partial charge in [0.05, 0.1) is 4.90 Å². The van der Waals surface area contributed by atoms with Crippen molar-refractivity contribution in [1.82, 2.24) is 9.21 Å². The first-order valence-electron chi connectivity index (χ1n) is 9.69. The summed E-state index contributed by atoms with van der Waals surface area (Å²) in [6.45, 7) is 2.48. The molecule has 0 atom stereocenters. The average molecular weight is 427 g/mol. The number of rotatable bonds is 7. The number of amides is 1. The molecule has 1 amide bonds. The fourth-order valence-electron chi connectivity index (χ4n) is 3.18. The molecule has 1 aromatic heterocycles. The quantitative estimate of drug-likeness (QED) is 0.537. The lowest BCUT2D eigenvalue weighted by Gasteiger charge is -2.15. The lowest BCUT2D eigenvalue weighted by molar-refractivity contribution is -0.125. The van der Waals surface area contributed by atoms with E-state index >= 15 is 0 Å². The number of hydrogen-bond acceptors (Lipinski definition) is 4. The minimum Gasteiger partial charge on any atom is -0.461 e. The van der Waals surface area contributed by atoms with Gasteiger partial charge in [-0.25, -0.2) is 12.7 Å². The van der Waals surface area contributed by atoms with Gasteiger partial charge in [0, 0.05) is 51.1 Å². The molecule has 7 heteroatoms. The first kappa shape index (κ1) is 21.8. The molecule has 0 radical (unpaired) electrons. The molecule has 0 aliphatic rings. The van der Waals surface area contributed by atoms with Crippen molar-refractivity contribution in [2.75, 3.05) is 21.1 Å². The summed E-state index contributed by atoms with van der Waals surface area (Å²) in [5.41, 5.74) is 2.60. The number of aryl methyl sites for hydroxylation is 1. The fourth-order valence-corrected chi connectivity index (χ4v) is 4.08. The van der Waals surface area contributed by atoms with E-state index in [1.165, 1.54) is 36.6 Å². The summed E-state index contributed by atoms with van der Waals surface area (Å²) < 4.78 is 31.3. The molecular formula is C23H26N2O4S. The fraction of sp³-hybridized carbons (Fsp3) is 0.261. The Bertz CT molecular complexity index is 1180. The third kappa shape index (κ3) is 4.47. The number of para-hydroxylation sites is 1. The molecule has 158 valence electrons. The lowest BCUT2D eigenvalue weighted by Crippen LogP contribution is -2.24. The van der Waals surface area contributed by atoms with Crippen LogP contribution in [0.5, 0.6) is 0 Å². The van der Waals surface area contributed by atoms with Crippen LogP contribution in [0.15, 0.2) is 63.9 Å². The van der Waals surface area contributed by atoms with E-state index in [1.807, 2.05) is 31.2 Å². The molecule has 2 aromatic carbocycles. The van der Waals surface area contributed by atoms with E-state index in [0.29, 0.717) is 6.54 Å². The first-order valence-corrected chi connectivity index (χ1v) is 11.1. The average Bonchev–Trinajstić information content (AvgIpc) is 3.09. The van der Waals surface area contributed by atoms with Gasteiger partial charge < -0.3 is 9.32 Å². The van der Waals surface area contributed by atoms with Crippen molar-refractivity contribution in [3.05, 3.63) is 71.5 Å². The smallest absolute Gasteiger partial charge is 0.246 e. The van der Waals surface area contributed by atoms with Crippen molar-refractivity contribution < 1.29 is 17.6 Å². The van der Waals surface area contributed by atoms with Crippen LogP contribution in [0.3, 0.4) is 0 Å². The highest BCUT2D eigenvalue weighted by atomic mass is 32.2. The van der Waals surface area contributed by atoms with Crippen LogP contribution >= 0.6 is 0 Å². The van der Waals surface area contributed by atoms with Gasteiger partial charge in [0.15, 0.2) is 0 Å². The van der Waals surface area contributed by atoms with Crippen LogP contribution < -0.4 is 0 Å². The summed E-state index contributed by atoms with van der Waals surface area (Å²) in [6.07, 6.45) is 3.92. The molecule has 0 unspecified atom stereocenters. The van der Waals surface area contributed by atoms with E-state index in [0.717, 1.165) is 34.3 Å².